The number of thiol groups is 1. The monoisotopic (exact) mass is 120 g/mol. The molecule has 0 atom stereocenters. The van der Waals surface area contributed by atoms with Crippen molar-refractivity contribution in [3.05, 3.63) is 0 Å². The van der Waals surface area contributed by atoms with E-state index in [9.17, 15) is 0 Å². The van der Waals surface area contributed by atoms with E-state index in [0.29, 0.717) is 6.61 Å². The van der Waals surface area contributed by atoms with Crippen molar-refractivity contribution in [3.8, 4) is 0 Å². The van der Waals surface area contributed by atoms with Crippen LogP contribution >= 0.6 is 12.9 Å². The second kappa shape index (κ2) is 2.58. The maximum Gasteiger partial charge on any atom is 0.0658 e. The van der Waals surface area contributed by atoms with Gasteiger partial charge in [-0.05, 0) is 18.3 Å². The lowest BCUT2D eigenvalue weighted by atomic mass is 9.99. The summed E-state index contributed by atoms with van der Waals surface area (Å²) in [4.78, 5) is 0. The van der Waals surface area contributed by atoms with E-state index < -0.39 is 0 Å². The van der Waals surface area contributed by atoms with Gasteiger partial charge in [-0.2, -0.15) is 0 Å². The van der Waals surface area contributed by atoms with E-state index >= 15 is 0 Å². The first-order valence-electron chi connectivity index (χ1n) is 2.32. The zero-order chi connectivity index (χ0) is 5.91. The van der Waals surface area contributed by atoms with Gasteiger partial charge in [0, 0.05) is 0 Å². The fraction of sp³-hybridized carbons (Fsp3) is 1.00. The van der Waals surface area contributed by atoms with Crippen LogP contribution in [0.4, 0.5) is 0 Å². The van der Waals surface area contributed by atoms with Crippen molar-refractivity contribution in [3.63, 3.8) is 0 Å². The molecule has 2 heteroatoms. The highest BCUT2D eigenvalue weighted by Gasteiger charge is 2.07. The highest BCUT2D eigenvalue weighted by Crippen LogP contribution is 2.12. The molecule has 0 aliphatic rings. The van der Waals surface area contributed by atoms with Crippen LogP contribution in [0.15, 0.2) is 0 Å². The van der Waals surface area contributed by atoms with Crippen molar-refractivity contribution in [2.75, 3.05) is 6.61 Å². The molecule has 0 saturated carbocycles. The summed E-state index contributed by atoms with van der Waals surface area (Å²) in [5.41, 5.74) is 0.252. The Bertz CT molecular complexity index is 46.5. The van der Waals surface area contributed by atoms with E-state index in [4.69, 9.17) is 0 Å². The maximum absolute atomic E-state index is 4.60. The Morgan fingerprint density at radius 2 is 1.86 bits per heavy atom. The Balaban J connectivity index is 3.15. The summed E-state index contributed by atoms with van der Waals surface area (Å²) in [6, 6.07) is 0. The molecule has 0 aromatic heterocycles. The lowest BCUT2D eigenvalue weighted by molar-refractivity contribution is 0.231. The van der Waals surface area contributed by atoms with Crippen molar-refractivity contribution >= 4 is 12.9 Å². The molecule has 0 bridgehead atoms. The van der Waals surface area contributed by atoms with Crippen LogP contribution in [0.25, 0.3) is 0 Å². The van der Waals surface area contributed by atoms with Crippen molar-refractivity contribution in [1.29, 1.82) is 0 Å². The zero-order valence-electron chi connectivity index (χ0n) is 5.06. The van der Waals surface area contributed by atoms with Gasteiger partial charge in [0.15, 0.2) is 0 Å². The van der Waals surface area contributed by atoms with Gasteiger partial charge in [0.05, 0.1) is 6.61 Å². The third-order valence-corrected chi connectivity index (χ3v) is 0.627. The topological polar surface area (TPSA) is 9.23 Å². The molecule has 0 aliphatic heterocycles. The summed E-state index contributed by atoms with van der Waals surface area (Å²) in [5.74, 6) is 0. The van der Waals surface area contributed by atoms with Gasteiger partial charge in [0.1, 0.15) is 0 Å². The second-order valence-electron chi connectivity index (χ2n) is 2.83. The maximum atomic E-state index is 4.60. The standard InChI is InChI=1S/C5H12OS/c1-5(2,3)4-6-7/h7H,4H2,1-3H3. The van der Waals surface area contributed by atoms with Crippen molar-refractivity contribution in [2.45, 2.75) is 20.8 Å². The predicted molar refractivity (Wildman–Crippen MR) is 34.4 cm³/mol. The fourth-order valence-electron chi connectivity index (χ4n) is 0.194. The minimum Gasteiger partial charge on any atom is -0.318 e. The summed E-state index contributed by atoms with van der Waals surface area (Å²) in [5, 5.41) is 0. The average molecular weight is 120 g/mol. The lowest BCUT2D eigenvalue weighted by Crippen LogP contribution is -2.10. The van der Waals surface area contributed by atoms with Gasteiger partial charge in [-0.1, -0.05) is 20.8 Å². The first-order chi connectivity index (χ1) is 3.06. The molecule has 7 heavy (non-hydrogen) atoms. The summed E-state index contributed by atoms with van der Waals surface area (Å²) in [7, 11) is 0. The number of rotatable bonds is 1. The van der Waals surface area contributed by atoms with Crippen LogP contribution < -0.4 is 0 Å². The predicted octanol–water partition coefficient (Wildman–Crippen LogP) is 1.89. The molecule has 0 amide bonds. The van der Waals surface area contributed by atoms with Gasteiger partial charge in [0.2, 0.25) is 0 Å². The van der Waals surface area contributed by atoms with Crippen LogP contribution in [0.2, 0.25) is 0 Å². The number of hydrogen-bond donors (Lipinski definition) is 1. The Labute approximate surface area is 50.7 Å². The molecule has 0 heterocycles. The summed E-state index contributed by atoms with van der Waals surface area (Å²) in [6.45, 7) is 7.01. The molecule has 0 saturated heterocycles. The minimum absolute atomic E-state index is 0.252. The Morgan fingerprint density at radius 1 is 1.43 bits per heavy atom. The first kappa shape index (κ1) is 7.31. The highest BCUT2D eigenvalue weighted by atomic mass is 32.1. The fourth-order valence-corrected chi connectivity index (χ4v) is 0.581. The van der Waals surface area contributed by atoms with Crippen molar-refractivity contribution in [2.24, 2.45) is 5.41 Å². The second-order valence-corrected chi connectivity index (χ2v) is 3.09. The van der Waals surface area contributed by atoms with Crippen LogP contribution in [0, 0.1) is 5.41 Å². The van der Waals surface area contributed by atoms with Crippen LogP contribution in [-0.2, 0) is 4.18 Å². The number of hydrogen-bond acceptors (Lipinski definition) is 2. The van der Waals surface area contributed by atoms with Crippen LogP contribution in [0.3, 0.4) is 0 Å². The molecule has 0 N–H and O–H groups in total. The van der Waals surface area contributed by atoms with Crippen LogP contribution in [-0.4, -0.2) is 6.61 Å². The molecular formula is C5H12OS. The van der Waals surface area contributed by atoms with Gasteiger partial charge in [0.25, 0.3) is 0 Å². The Morgan fingerprint density at radius 3 is 1.86 bits per heavy atom. The Kier molecular flexibility index (Phi) is 2.69. The van der Waals surface area contributed by atoms with Gasteiger partial charge in [-0.15, -0.1) is 0 Å². The summed E-state index contributed by atoms with van der Waals surface area (Å²) in [6.07, 6.45) is 0. The molecular weight excluding hydrogens is 108 g/mol. The quantitative estimate of drug-likeness (QED) is 0.410. The third kappa shape index (κ3) is 6.31. The van der Waals surface area contributed by atoms with E-state index in [-0.39, 0.29) is 5.41 Å². The molecule has 0 fully saturated rings. The van der Waals surface area contributed by atoms with E-state index in [1.54, 1.807) is 0 Å². The van der Waals surface area contributed by atoms with E-state index in [1.165, 1.54) is 0 Å². The largest absolute Gasteiger partial charge is 0.318 e. The van der Waals surface area contributed by atoms with Gasteiger partial charge in [-0.3, -0.25) is 0 Å². The summed E-state index contributed by atoms with van der Waals surface area (Å²) >= 11 is 3.61. The van der Waals surface area contributed by atoms with Crippen molar-refractivity contribution in [1.82, 2.24) is 0 Å². The minimum atomic E-state index is 0.252. The van der Waals surface area contributed by atoms with Crippen molar-refractivity contribution < 1.29 is 4.18 Å². The van der Waals surface area contributed by atoms with Crippen LogP contribution in [0.1, 0.15) is 20.8 Å². The molecule has 0 spiro atoms. The summed E-state index contributed by atoms with van der Waals surface area (Å²) < 4.78 is 4.60. The van der Waals surface area contributed by atoms with Crippen LogP contribution in [0.5, 0.6) is 0 Å². The first-order valence-corrected chi connectivity index (χ1v) is 2.69. The van der Waals surface area contributed by atoms with Gasteiger partial charge < -0.3 is 4.18 Å². The molecule has 0 radical (unpaired) electrons. The molecule has 1 nitrogen and oxygen atoms in total. The SMILES string of the molecule is CC(C)(C)COS. The molecule has 0 rings (SSSR count). The van der Waals surface area contributed by atoms with E-state index in [2.05, 4.69) is 37.9 Å². The van der Waals surface area contributed by atoms with Gasteiger partial charge in [-0.25, -0.2) is 0 Å². The smallest absolute Gasteiger partial charge is 0.0658 e. The normalized spacial score (nSPS) is 12.0. The zero-order valence-corrected chi connectivity index (χ0v) is 5.96. The van der Waals surface area contributed by atoms with E-state index in [1.807, 2.05) is 0 Å². The molecule has 0 aromatic carbocycles. The highest BCUT2D eigenvalue weighted by molar-refractivity contribution is 7.75. The lowest BCUT2D eigenvalue weighted by Gasteiger charge is -2.14. The third-order valence-electron chi connectivity index (χ3n) is 0.498. The van der Waals surface area contributed by atoms with E-state index in [0.717, 1.165) is 0 Å². The molecule has 0 unspecified atom stereocenters. The average Bonchev–Trinajstić information content (AvgIpc) is 1.30. The molecule has 0 aromatic rings. The molecule has 0 aliphatic carbocycles. The van der Waals surface area contributed by atoms with Gasteiger partial charge >= 0.3 is 0 Å². The Hall–Kier alpha value is 0.310. The molecule has 44 valence electrons.